The summed E-state index contributed by atoms with van der Waals surface area (Å²) < 4.78 is 13.0. The lowest BCUT2D eigenvalue weighted by molar-refractivity contribution is -0.124. The highest BCUT2D eigenvalue weighted by molar-refractivity contribution is 5.81. The minimum atomic E-state index is -0.168. The topological polar surface area (TPSA) is 17.1 Å². The van der Waals surface area contributed by atoms with Crippen LogP contribution < -0.4 is 0 Å². The molecule has 0 heterocycles. The van der Waals surface area contributed by atoms with Crippen molar-refractivity contribution in [2.45, 2.75) is 103 Å². The van der Waals surface area contributed by atoms with E-state index in [0.29, 0.717) is 11.7 Å². The van der Waals surface area contributed by atoms with Gasteiger partial charge in [0.1, 0.15) is 11.6 Å². The Balaban J connectivity index is 1.53. The van der Waals surface area contributed by atoms with E-state index < -0.39 is 0 Å². The highest BCUT2D eigenvalue weighted by Crippen LogP contribution is 2.36. The monoisotopic (exact) mass is 360 g/mol. The quantitative estimate of drug-likeness (QED) is 0.351. The number of rotatable bonds is 12. The van der Waals surface area contributed by atoms with E-state index in [2.05, 4.69) is 6.92 Å². The fraction of sp³-hybridized carbons (Fsp3) is 0.708. The van der Waals surface area contributed by atoms with Crippen LogP contribution in [0.15, 0.2) is 24.3 Å². The first-order valence-corrected chi connectivity index (χ1v) is 11.0. The minimum Gasteiger partial charge on any atom is -0.299 e. The van der Waals surface area contributed by atoms with Crippen molar-refractivity contribution in [1.29, 1.82) is 0 Å². The maximum absolute atomic E-state index is 13.0. The molecule has 0 N–H and O–H groups in total. The van der Waals surface area contributed by atoms with Gasteiger partial charge in [0, 0.05) is 12.3 Å². The molecule has 1 nitrogen and oxygen atoms in total. The van der Waals surface area contributed by atoms with Crippen LogP contribution in [0.2, 0.25) is 0 Å². The van der Waals surface area contributed by atoms with Crippen LogP contribution in [0.1, 0.15) is 108 Å². The molecule has 0 aromatic heterocycles. The van der Waals surface area contributed by atoms with Crippen LogP contribution in [-0.2, 0) is 4.79 Å². The number of hydrogen-bond donors (Lipinski definition) is 0. The first kappa shape index (κ1) is 21.1. The molecule has 1 aliphatic rings. The molecule has 1 fully saturated rings. The van der Waals surface area contributed by atoms with Gasteiger partial charge in [-0.3, -0.25) is 4.79 Å². The van der Waals surface area contributed by atoms with Gasteiger partial charge in [-0.25, -0.2) is 4.39 Å². The zero-order chi connectivity index (χ0) is 18.6. The Labute approximate surface area is 159 Å². The van der Waals surface area contributed by atoms with Crippen LogP contribution in [0.5, 0.6) is 0 Å². The van der Waals surface area contributed by atoms with Crippen LogP contribution in [0.25, 0.3) is 0 Å². The van der Waals surface area contributed by atoms with Crippen molar-refractivity contribution in [1.82, 2.24) is 0 Å². The van der Waals surface area contributed by atoms with Crippen molar-refractivity contribution < 1.29 is 9.18 Å². The molecule has 1 aromatic carbocycles. The number of carbonyl (C=O) groups is 1. The summed E-state index contributed by atoms with van der Waals surface area (Å²) >= 11 is 0. The predicted molar refractivity (Wildman–Crippen MR) is 108 cm³/mol. The first-order chi connectivity index (χ1) is 12.7. The van der Waals surface area contributed by atoms with Crippen LogP contribution >= 0.6 is 0 Å². The zero-order valence-corrected chi connectivity index (χ0v) is 16.6. The van der Waals surface area contributed by atoms with Gasteiger partial charge in [0.25, 0.3) is 0 Å². The Morgan fingerprint density at radius 1 is 0.846 bits per heavy atom. The molecule has 146 valence electrons. The molecular formula is C24H37FO. The maximum Gasteiger partial charge on any atom is 0.135 e. The van der Waals surface area contributed by atoms with Gasteiger partial charge < -0.3 is 0 Å². The van der Waals surface area contributed by atoms with Crippen molar-refractivity contribution in [3.63, 3.8) is 0 Å². The second-order valence-corrected chi connectivity index (χ2v) is 8.14. The lowest BCUT2D eigenvalue weighted by atomic mass is 9.76. The van der Waals surface area contributed by atoms with Crippen molar-refractivity contribution >= 4 is 5.78 Å². The van der Waals surface area contributed by atoms with Gasteiger partial charge in [-0.15, -0.1) is 0 Å². The van der Waals surface area contributed by atoms with Gasteiger partial charge in [-0.1, -0.05) is 70.4 Å². The lowest BCUT2D eigenvalue weighted by Crippen LogP contribution is -2.21. The van der Waals surface area contributed by atoms with Crippen molar-refractivity contribution in [2.24, 2.45) is 5.92 Å². The molecule has 0 amide bonds. The summed E-state index contributed by atoms with van der Waals surface area (Å²) in [6.45, 7) is 2.26. The molecule has 0 spiro atoms. The number of carbonyl (C=O) groups excluding carboxylic acids is 1. The molecule has 2 heteroatoms. The SMILES string of the molecule is CCCCCCCCCCCC(=O)C1CCC(c2ccc(F)cc2)CC1. The smallest absolute Gasteiger partial charge is 0.135 e. The summed E-state index contributed by atoms with van der Waals surface area (Å²) in [7, 11) is 0. The average Bonchev–Trinajstić information content (AvgIpc) is 2.67. The molecule has 1 aliphatic carbocycles. The number of halogens is 1. The molecule has 0 unspecified atom stereocenters. The molecule has 1 saturated carbocycles. The van der Waals surface area contributed by atoms with Crippen molar-refractivity contribution in [3.05, 3.63) is 35.6 Å². The van der Waals surface area contributed by atoms with E-state index in [1.54, 1.807) is 12.1 Å². The molecule has 0 saturated heterocycles. The third-order valence-corrected chi connectivity index (χ3v) is 6.05. The number of hydrogen-bond acceptors (Lipinski definition) is 1. The summed E-state index contributed by atoms with van der Waals surface area (Å²) in [5.41, 5.74) is 1.23. The van der Waals surface area contributed by atoms with Crippen LogP contribution in [0.4, 0.5) is 4.39 Å². The zero-order valence-electron chi connectivity index (χ0n) is 16.6. The third-order valence-electron chi connectivity index (χ3n) is 6.05. The fourth-order valence-electron chi connectivity index (χ4n) is 4.30. The van der Waals surface area contributed by atoms with Crippen LogP contribution in [0, 0.1) is 11.7 Å². The van der Waals surface area contributed by atoms with Gasteiger partial charge in [0.15, 0.2) is 0 Å². The molecule has 0 radical (unpaired) electrons. The Hall–Kier alpha value is -1.18. The number of ketones is 1. The predicted octanol–water partition coefficient (Wildman–Crippen LogP) is 7.59. The lowest BCUT2D eigenvalue weighted by Gasteiger charge is -2.28. The van der Waals surface area contributed by atoms with E-state index >= 15 is 0 Å². The molecule has 26 heavy (non-hydrogen) atoms. The highest BCUT2D eigenvalue weighted by Gasteiger charge is 2.26. The summed E-state index contributed by atoms with van der Waals surface area (Å²) in [4.78, 5) is 12.4. The van der Waals surface area contributed by atoms with Gasteiger partial charge in [0.2, 0.25) is 0 Å². The van der Waals surface area contributed by atoms with E-state index in [9.17, 15) is 9.18 Å². The maximum atomic E-state index is 13.0. The Kier molecular flexibility index (Phi) is 9.95. The second-order valence-electron chi connectivity index (χ2n) is 8.14. The van der Waals surface area contributed by atoms with Crippen molar-refractivity contribution in [3.8, 4) is 0 Å². The Bertz CT molecular complexity index is 499. The van der Waals surface area contributed by atoms with E-state index in [1.165, 1.54) is 56.9 Å². The first-order valence-electron chi connectivity index (χ1n) is 11.0. The highest BCUT2D eigenvalue weighted by atomic mass is 19.1. The summed E-state index contributed by atoms with van der Waals surface area (Å²) in [6, 6.07) is 6.92. The molecule has 0 bridgehead atoms. The number of benzene rings is 1. The Morgan fingerprint density at radius 2 is 1.38 bits per heavy atom. The average molecular weight is 361 g/mol. The Morgan fingerprint density at radius 3 is 1.96 bits per heavy atom. The molecular weight excluding hydrogens is 323 g/mol. The summed E-state index contributed by atoms with van der Waals surface area (Å²) in [6.07, 6.45) is 16.7. The van der Waals surface area contributed by atoms with Gasteiger partial charge in [0.05, 0.1) is 0 Å². The standard InChI is InChI=1S/C24H37FO/c1-2-3-4-5-6-7-8-9-10-11-24(26)22-14-12-20(13-15-22)21-16-18-23(25)19-17-21/h16-20,22H,2-15H2,1H3. The van der Waals surface area contributed by atoms with Crippen LogP contribution in [-0.4, -0.2) is 5.78 Å². The third kappa shape index (κ3) is 7.60. The molecule has 0 aliphatic heterocycles. The van der Waals surface area contributed by atoms with Gasteiger partial charge in [-0.05, 0) is 55.7 Å². The van der Waals surface area contributed by atoms with E-state index in [0.717, 1.165) is 38.5 Å². The van der Waals surface area contributed by atoms with E-state index in [1.807, 2.05) is 12.1 Å². The molecule has 2 rings (SSSR count). The second kappa shape index (κ2) is 12.3. The summed E-state index contributed by atoms with van der Waals surface area (Å²) in [5.74, 6) is 1.11. The number of unbranched alkanes of at least 4 members (excludes halogenated alkanes) is 8. The molecule has 1 aromatic rings. The minimum absolute atomic E-state index is 0.168. The number of Topliss-reactive ketones (excluding diaryl/α,β-unsaturated/α-hetero) is 1. The normalized spacial score (nSPS) is 20.2. The molecule has 0 atom stereocenters. The largest absolute Gasteiger partial charge is 0.299 e. The van der Waals surface area contributed by atoms with E-state index in [-0.39, 0.29) is 11.7 Å². The van der Waals surface area contributed by atoms with Gasteiger partial charge >= 0.3 is 0 Å². The van der Waals surface area contributed by atoms with Crippen LogP contribution in [0.3, 0.4) is 0 Å². The van der Waals surface area contributed by atoms with Crippen molar-refractivity contribution in [2.75, 3.05) is 0 Å². The van der Waals surface area contributed by atoms with E-state index in [4.69, 9.17) is 0 Å². The van der Waals surface area contributed by atoms with Gasteiger partial charge in [-0.2, -0.15) is 0 Å². The fourth-order valence-corrected chi connectivity index (χ4v) is 4.30. The summed E-state index contributed by atoms with van der Waals surface area (Å²) in [5, 5.41) is 0.